The minimum absolute atomic E-state index is 0.403. The van der Waals surface area contributed by atoms with Crippen molar-refractivity contribution in [3.8, 4) is 5.75 Å². The molecule has 0 bridgehead atoms. The highest BCUT2D eigenvalue weighted by molar-refractivity contribution is 5.29. The van der Waals surface area contributed by atoms with E-state index in [1.165, 1.54) is 16.7 Å². The Morgan fingerprint density at radius 3 is 2.48 bits per heavy atom. The minimum Gasteiger partial charge on any atom is -0.497 e. The molecule has 0 radical (unpaired) electrons. The van der Waals surface area contributed by atoms with E-state index >= 15 is 0 Å². The molecular formula is C19H25NO. The molecule has 1 N–H and O–H groups in total. The molecule has 0 saturated carbocycles. The van der Waals surface area contributed by atoms with Crippen LogP contribution in [0, 0.1) is 6.92 Å². The minimum atomic E-state index is 0.403. The molecule has 1 unspecified atom stereocenters. The fourth-order valence-electron chi connectivity index (χ4n) is 2.59. The summed E-state index contributed by atoms with van der Waals surface area (Å²) in [5.41, 5.74) is 4.05. The summed E-state index contributed by atoms with van der Waals surface area (Å²) in [6.45, 7) is 5.35. The van der Waals surface area contributed by atoms with E-state index in [0.717, 1.165) is 25.1 Å². The zero-order chi connectivity index (χ0) is 15.1. The van der Waals surface area contributed by atoms with Gasteiger partial charge in [-0.25, -0.2) is 0 Å². The molecule has 0 spiro atoms. The van der Waals surface area contributed by atoms with Gasteiger partial charge in [-0.05, 0) is 49.6 Å². The van der Waals surface area contributed by atoms with E-state index < -0.39 is 0 Å². The molecule has 2 heteroatoms. The highest BCUT2D eigenvalue weighted by atomic mass is 16.5. The molecule has 0 aliphatic heterocycles. The van der Waals surface area contributed by atoms with Crippen LogP contribution in [0.5, 0.6) is 5.75 Å². The van der Waals surface area contributed by atoms with Crippen molar-refractivity contribution in [3.05, 3.63) is 65.2 Å². The van der Waals surface area contributed by atoms with E-state index in [9.17, 15) is 0 Å². The number of nitrogens with one attached hydrogen (secondary N) is 1. The van der Waals surface area contributed by atoms with Gasteiger partial charge in [0.25, 0.3) is 0 Å². The number of methoxy groups -OCH3 is 1. The molecule has 0 aromatic heterocycles. The number of benzene rings is 2. The second-order valence-corrected chi connectivity index (χ2v) is 5.43. The van der Waals surface area contributed by atoms with Gasteiger partial charge in [0.05, 0.1) is 7.11 Å². The van der Waals surface area contributed by atoms with E-state index in [1.807, 2.05) is 12.1 Å². The molecule has 112 valence electrons. The highest BCUT2D eigenvalue weighted by Gasteiger charge is 2.08. The summed E-state index contributed by atoms with van der Waals surface area (Å²) in [4.78, 5) is 0. The predicted octanol–water partition coefficient (Wildman–Crippen LogP) is 4.29. The Morgan fingerprint density at radius 2 is 1.86 bits per heavy atom. The van der Waals surface area contributed by atoms with Crippen LogP contribution in [0.4, 0.5) is 0 Å². The van der Waals surface area contributed by atoms with Crippen LogP contribution in [-0.2, 0) is 6.42 Å². The van der Waals surface area contributed by atoms with Crippen molar-refractivity contribution in [2.75, 3.05) is 13.7 Å². The molecule has 1 atom stereocenters. The van der Waals surface area contributed by atoms with Crippen molar-refractivity contribution < 1.29 is 4.74 Å². The lowest BCUT2D eigenvalue weighted by molar-refractivity contribution is 0.414. The van der Waals surface area contributed by atoms with Crippen molar-refractivity contribution in [2.24, 2.45) is 0 Å². The van der Waals surface area contributed by atoms with Crippen molar-refractivity contribution in [2.45, 2.75) is 32.7 Å². The lowest BCUT2D eigenvalue weighted by Gasteiger charge is -2.18. The molecule has 0 aliphatic carbocycles. The summed E-state index contributed by atoms with van der Waals surface area (Å²) in [5.74, 6) is 0.911. The number of ether oxygens (including phenoxy) is 1. The van der Waals surface area contributed by atoms with Crippen molar-refractivity contribution in [1.29, 1.82) is 0 Å². The van der Waals surface area contributed by atoms with Crippen LogP contribution < -0.4 is 10.1 Å². The van der Waals surface area contributed by atoms with Gasteiger partial charge in [-0.2, -0.15) is 0 Å². The normalized spacial score (nSPS) is 12.1. The second-order valence-electron chi connectivity index (χ2n) is 5.43. The second kappa shape index (κ2) is 7.84. The summed E-state index contributed by atoms with van der Waals surface area (Å²) in [6, 6.07) is 17.5. The van der Waals surface area contributed by atoms with Crippen molar-refractivity contribution in [1.82, 2.24) is 5.32 Å². The summed E-state index contributed by atoms with van der Waals surface area (Å²) in [5, 5.41) is 3.65. The maximum atomic E-state index is 5.21. The van der Waals surface area contributed by atoms with Gasteiger partial charge in [-0.3, -0.25) is 0 Å². The first-order chi connectivity index (χ1) is 10.2. The molecule has 2 aromatic rings. The molecule has 21 heavy (non-hydrogen) atoms. The van der Waals surface area contributed by atoms with Crippen LogP contribution in [-0.4, -0.2) is 13.7 Å². The van der Waals surface area contributed by atoms with Gasteiger partial charge < -0.3 is 10.1 Å². The smallest absolute Gasteiger partial charge is 0.118 e. The van der Waals surface area contributed by atoms with Crippen LogP contribution >= 0.6 is 0 Å². The standard InChI is InChI=1S/C19H25NO/c1-4-19(17-8-10-18(21-3)11-9-17)20-13-12-16-7-5-6-15(2)14-16/h5-11,14,19-20H,4,12-13H2,1-3H3. The van der Waals surface area contributed by atoms with Crippen LogP contribution in [0.3, 0.4) is 0 Å². The zero-order valence-electron chi connectivity index (χ0n) is 13.2. The van der Waals surface area contributed by atoms with Gasteiger partial charge in [-0.1, -0.05) is 48.9 Å². The molecule has 2 aromatic carbocycles. The van der Waals surface area contributed by atoms with E-state index in [0.29, 0.717) is 6.04 Å². The Kier molecular flexibility index (Phi) is 5.82. The van der Waals surface area contributed by atoms with E-state index in [4.69, 9.17) is 4.74 Å². The van der Waals surface area contributed by atoms with E-state index in [-0.39, 0.29) is 0 Å². The Bertz CT molecular complexity index is 548. The molecule has 2 nitrogen and oxygen atoms in total. The zero-order valence-corrected chi connectivity index (χ0v) is 13.2. The summed E-state index contributed by atoms with van der Waals surface area (Å²) in [7, 11) is 1.70. The fraction of sp³-hybridized carbons (Fsp3) is 0.368. The first kappa shape index (κ1) is 15.6. The van der Waals surface area contributed by atoms with Gasteiger partial charge in [0, 0.05) is 6.04 Å². The third-order valence-electron chi connectivity index (χ3n) is 3.81. The Hall–Kier alpha value is -1.80. The SMILES string of the molecule is CCC(NCCc1cccc(C)c1)c1ccc(OC)cc1. The Balaban J connectivity index is 1.90. The molecule has 2 rings (SSSR count). The van der Waals surface area contributed by atoms with E-state index in [1.54, 1.807) is 7.11 Å². The van der Waals surface area contributed by atoms with Gasteiger partial charge >= 0.3 is 0 Å². The molecular weight excluding hydrogens is 258 g/mol. The Morgan fingerprint density at radius 1 is 1.10 bits per heavy atom. The highest BCUT2D eigenvalue weighted by Crippen LogP contribution is 2.20. The van der Waals surface area contributed by atoms with Crippen LogP contribution in [0.25, 0.3) is 0 Å². The van der Waals surface area contributed by atoms with Crippen molar-refractivity contribution in [3.63, 3.8) is 0 Å². The van der Waals surface area contributed by atoms with E-state index in [2.05, 4.69) is 55.6 Å². The van der Waals surface area contributed by atoms with Gasteiger partial charge in [-0.15, -0.1) is 0 Å². The average molecular weight is 283 g/mol. The van der Waals surface area contributed by atoms with Crippen LogP contribution in [0.2, 0.25) is 0 Å². The first-order valence-corrected chi connectivity index (χ1v) is 7.65. The number of aryl methyl sites for hydroxylation is 1. The number of rotatable bonds is 7. The number of hydrogen-bond acceptors (Lipinski definition) is 2. The van der Waals surface area contributed by atoms with Crippen LogP contribution in [0.1, 0.15) is 36.1 Å². The summed E-state index contributed by atoms with van der Waals surface area (Å²) in [6.07, 6.45) is 2.15. The predicted molar refractivity (Wildman–Crippen MR) is 88.9 cm³/mol. The Labute approximate surface area is 128 Å². The molecule has 0 saturated heterocycles. The number of hydrogen-bond donors (Lipinski definition) is 1. The summed E-state index contributed by atoms with van der Waals surface area (Å²) >= 11 is 0. The lowest BCUT2D eigenvalue weighted by Crippen LogP contribution is -2.23. The van der Waals surface area contributed by atoms with Gasteiger partial charge in [0.1, 0.15) is 5.75 Å². The van der Waals surface area contributed by atoms with Crippen LogP contribution in [0.15, 0.2) is 48.5 Å². The maximum absolute atomic E-state index is 5.21. The summed E-state index contributed by atoms with van der Waals surface area (Å²) < 4.78 is 5.21. The van der Waals surface area contributed by atoms with Gasteiger partial charge in [0.15, 0.2) is 0 Å². The molecule has 0 heterocycles. The first-order valence-electron chi connectivity index (χ1n) is 7.65. The van der Waals surface area contributed by atoms with Gasteiger partial charge in [0.2, 0.25) is 0 Å². The third kappa shape index (κ3) is 4.61. The molecule has 0 amide bonds. The average Bonchev–Trinajstić information content (AvgIpc) is 2.52. The molecule has 0 aliphatic rings. The topological polar surface area (TPSA) is 21.3 Å². The van der Waals surface area contributed by atoms with Crippen molar-refractivity contribution >= 4 is 0 Å². The fourth-order valence-corrected chi connectivity index (χ4v) is 2.59. The molecule has 0 fully saturated rings. The quantitative estimate of drug-likeness (QED) is 0.818. The monoisotopic (exact) mass is 283 g/mol. The lowest BCUT2D eigenvalue weighted by atomic mass is 10.0. The largest absolute Gasteiger partial charge is 0.497 e. The maximum Gasteiger partial charge on any atom is 0.118 e. The third-order valence-corrected chi connectivity index (χ3v) is 3.81.